The van der Waals surface area contributed by atoms with E-state index in [1.807, 2.05) is 36.4 Å². The van der Waals surface area contributed by atoms with Crippen LogP contribution in [0.3, 0.4) is 0 Å². The standard InChI is InChI=1S/C29H37NO5/c1-3-28-20-27(2,32)29(33,22-7-5-4-6-8-22)18-23(28)10-9-21-17-24(11-12-25(21)28)35-19-26(31)30-13-15-34-16-14-30/h4-8,11-12,17,23,32-33H,3,9-10,13-16,18-20H2,1-2H3/t23-,27?,28?,29?/m1/s1. The van der Waals surface area contributed by atoms with Crippen molar-refractivity contribution >= 4 is 5.91 Å². The second-order valence-corrected chi connectivity index (χ2v) is 10.7. The summed E-state index contributed by atoms with van der Waals surface area (Å²) in [6, 6.07) is 15.8. The Hall–Kier alpha value is -2.41. The normalized spacial score (nSPS) is 32.5. The van der Waals surface area contributed by atoms with E-state index >= 15 is 0 Å². The summed E-state index contributed by atoms with van der Waals surface area (Å²) in [6.07, 6.45) is 3.76. The zero-order valence-electron chi connectivity index (χ0n) is 20.8. The molecule has 3 aliphatic rings. The van der Waals surface area contributed by atoms with Crippen LogP contribution in [0.25, 0.3) is 0 Å². The fourth-order valence-corrected chi connectivity index (χ4v) is 6.85. The molecule has 1 heterocycles. The quantitative estimate of drug-likeness (QED) is 0.686. The molecular weight excluding hydrogens is 442 g/mol. The Kier molecular flexibility index (Phi) is 6.41. The number of aryl methyl sites for hydroxylation is 1. The largest absolute Gasteiger partial charge is 0.484 e. The predicted octanol–water partition coefficient (Wildman–Crippen LogP) is 3.57. The lowest BCUT2D eigenvalue weighted by Crippen LogP contribution is -2.62. The second kappa shape index (κ2) is 9.23. The van der Waals surface area contributed by atoms with Gasteiger partial charge in [-0.15, -0.1) is 0 Å². The molecule has 2 aliphatic carbocycles. The van der Waals surface area contributed by atoms with Crippen molar-refractivity contribution in [2.45, 2.75) is 62.6 Å². The fraction of sp³-hybridized carbons (Fsp3) is 0.552. The highest BCUT2D eigenvalue weighted by molar-refractivity contribution is 5.77. The highest BCUT2D eigenvalue weighted by Gasteiger charge is 2.60. The first-order valence-corrected chi connectivity index (χ1v) is 12.9. The molecule has 2 aromatic rings. The van der Waals surface area contributed by atoms with Gasteiger partial charge >= 0.3 is 0 Å². The molecule has 4 atom stereocenters. The van der Waals surface area contributed by atoms with Crippen LogP contribution in [0.4, 0.5) is 0 Å². The molecule has 2 aromatic carbocycles. The van der Waals surface area contributed by atoms with Crippen molar-refractivity contribution in [1.82, 2.24) is 4.90 Å². The molecule has 1 saturated carbocycles. The molecular formula is C29H37NO5. The summed E-state index contributed by atoms with van der Waals surface area (Å²) in [5.74, 6) is 0.957. The maximum absolute atomic E-state index is 12.5. The summed E-state index contributed by atoms with van der Waals surface area (Å²) < 4.78 is 11.2. The van der Waals surface area contributed by atoms with Gasteiger partial charge in [0.15, 0.2) is 6.61 Å². The average molecular weight is 480 g/mol. The molecule has 1 amide bonds. The van der Waals surface area contributed by atoms with Crippen molar-refractivity contribution in [3.8, 4) is 5.75 Å². The molecule has 2 fully saturated rings. The minimum Gasteiger partial charge on any atom is -0.484 e. The minimum atomic E-state index is -1.28. The van der Waals surface area contributed by atoms with Gasteiger partial charge in [-0.05, 0) is 73.8 Å². The first kappa shape index (κ1) is 24.3. The zero-order valence-corrected chi connectivity index (χ0v) is 20.8. The van der Waals surface area contributed by atoms with E-state index in [1.54, 1.807) is 11.8 Å². The molecule has 6 heteroatoms. The lowest BCUT2D eigenvalue weighted by atomic mass is 9.49. The summed E-state index contributed by atoms with van der Waals surface area (Å²) in [4.78, 5) is 14.3. The monoisotopic (exact) mass is 479 g/mol. The van der Waals surface area contributed by atoms with Gasteiger partial charge in [0.05, 0.1) is 18.8 Å². The molecule has 6 nitrogen and oxygen atoms in total. The van der Waals surface area contributed by atoms with E-state index in [0.29, 0.717) is 44.9 Å². The van der Waals surface area contributed by atoms with Crippen LogP contribution in [0.15, 0.2) is 48.5 Å². The van der Waals surface area contributed by atoms with Gasteiger partial charge in [0.25, 0.3) is 5.91 Å². The van der Waals surface area contributed by atoms with E-state index in [4.69, 9.17) is 9.47 Å². The Labute approximate surface area is 207 Å². The van der Waals surface area contributed by atoms with E-state index in [2.05, 4.69) is 19.1 Å². The van der Waals surface area contributed by atoms with Crippen molar-refractivity contribution < 1.29 is 24.5 Å². The third-order valence-electron chi connectivity index (χ3n) is 8.86. The molecule has 5 rings (SSSR count). The molecule has 0 radical (unpaired) electrons. The average Bonchev–Trinajstić information content (AvgIpc) is 2.88. The van der Waals surface area contributed by atoms with Crippen LogP contribution >= 0.6 is 0 Å². The first-order chi connectivity index (χ1) is 16.8. The second-order valence-electron chi connectivity index (χ2n) is 10.7. The van der Waals surface area contributed by atoms with Gasteiger partial charge in [-0.3, -0.25) is 4.79 Å². The topological polar surface area (TPSA) is 79.2 Å². The van der Waals surface area contributed by atoms with E-state index in [9.17, 15) is 15.0 Å². The number of ether oxygens (including phenoxy) is 2. The number of amides is 1. The minimum absolute atomic E-state index is 0.0142. The number of morpholine rings is 1. The number of rotatable bonds is 5. The van der Waals surface area contributed by atoms with E-state index in [1.165, 1.54) is 11.1 Å². The predicted molar refractivity (Wildman–Crippen MR) is 133 cm³/mol. The van der Waals surface area contributed by atoms with Gasteiger partial charge in [-0.25, -0.2) is 0 Å². The van der Waals surface area contributed by atoms with Gasteiger partial charge in [0.2, 0.25) is 0 Å². The van der Waals surface area contributed by atoms with Crippen LogP contribution in [0.1, 0.15) is 56.2 Å². The van der Waals surface area contributed by atoms with Gasteiger partial charge in [0.1, 0.15) is 11.4 Å². The Morgan fingerprint density at radius 2 is 1.89 bits per heavy atom. The van der Waals surface area contributed by atoms with Crippen LogP contribution < -0.4 is 4.74 Å². The summed E-state index contributed by atoms with van der Waals surface area (Å²) in [5, 5.41) is 23.5. The van der Waals surface area contributed by atoms with Crippen LogP contribution in [-0.2, 0) is 27.0 Å². The summed E-state index contributed by atoms with van der Waals surface area (Å²) in [6.45, 7) is 6.39. The number of hydrogen-bond donors (Lipinski definition) is 2. The van der Waals surface area contributed by atoms with Crippen molar-refractivity contribution in [3.05, 3.63) is 65.2 Å². The molecule has 0 spiro atoms. The molecule has 0 bridgehead atoms. The third-order valence-corrected chi connectivity index (χ3v) is 8.86. The van der Waals surface area contributed by atoms with Crippen LogP contribution in [0.2, 0.25) is 0 Å². The first-order valence-electron chi connectivity index (χ1n) is 12.9. The zero-order chi connectivity index (χ0) is 24.7. The Balaban J connectivity index is 1.38. The van der Waals surface area contributed by atoms with Gasteiger partial charge < -0.3 is 24.6 Å². The number of carbonyl (C=O) groups is 1. The van der Waals surface area contributed by atoms with Gasteiger partial charge in [0, 0.05) is 18.5 Å². The maximum Gasteiger partial charge on any atom is 0.260 e. The summed E-state index contributed by atoms with van der Waals surface area (Å²) in [5.41, 5.74) is 0.501. The fourth-order valence-electron chi connectivity index (χ4n) is 6.85. The molecule has 1 saturated heterocycles. The van der Waals surface area contributed by atoms with Gasteiger partial charge in [-0.1, -0.05) is 43.3 Å². The number of hydrogen-bond acceptors (Lipinski definition) is 5. The third kappa shape index (κ3) is 4.15. The molecule has 2 N–H and O–H groups in total. The highest BCUT2D eigenvalue weighted by atomic mass is 16.5. The van der Waals surface area contributed by atoms with Gasteiger partial charge in [-0.2, -0.15) is 0 Å². The molecule has 0 aromatic heterocycles. The van der Waals surface area contributed by atoms with E-state index < -0.39 is 11.2 Å². The van der Waals surface area contributed by atoms with Crippen molar-refractivity contribution in [3.63, 3.8) is 0 Å². The lowest BCUT2D eigenvalue weighted by Gasteiger charge is -2.59. The number of fused-ring (bicyclic) bond motifs is 3. The summed E-state index contributed by atoms with van der Waals surface area (Å²) in [7, 11) is 0. The number of carbonyl (C=O) groups excluding carboxylic acids is 1. The van der Waals surface area contributed by atoms with E-state index in [0.717, 1.165) is 24.8 Å². The Morgan fingerprint density at radius 3 is 2.60 bits per heavy atom. The molecule has 35 heavy (non-hydrogen) atoms. The number of aliphatic hydroxyl groups is 2. The smallest absolute Gasteiger partial charge is 0.260 e. The number of nitrogens with zero attached hydrogens (tertiary/aromatic N) is 1. The Morgan fingerprint density at radius 1 is 1.14 bits per heavy atom. The molecule has 1 aliphatic heterocycles. The van der Waals surface area contributed by atoms with Crippen LogP contribution in [-0.4, -0.2) is 59.5 Å². The van der Waals surface area contributed by atoms with Crippen molar-refractivity contribution in [1.29, 1.82) is 0 Å². The molecule has 188 valence electrons. The maximum atomic E-state index is 12.5. The number of benzene rings is 2. The molecule has 3 unspecified atom stereocenters. The van der Waals surface area contributed by atoms with Crippen LogP contribution in [0.5, 0.6) is 5.75 Å². The lowest BCUT2D eigenvalue weighted by molar-refractivity contribution is -0.205. The SMILES string of the molecule is CCC12CC(C)(O)C(O)(c3ccccc3)C[C@H]1CCc1cc(OCC(=O)N3CCOCC3)ccc12. The summed E-state index contributed by atoms with van der Waals surface area (Å²) >= 11 is 0. The Bertz CT molecular complexity index is 1060. The highest BCUT2D eigenvalue weighted by Crippen LogP contribution is 2.60. The van der Waals surface area contributed by atoms with Crippen molar-refractivity contribution in [2.24, 2.45) is 5.92 Å². The van der Waals surface area contributed by atoms with Crippen LogP contribution in [0, 0.1) is 5.92 Å². The van der Waals surface area contributed by atoms with E-state index in [-0.39, 0.29) is 23.8 Å². The van der Waals surface area contributed by atoms with Crippen molar-refractivity contribution in [2.75, 3.05) is 32.9 Å².